The van der Waals surface area contributed by atoms with Crippen LogP contribution in [-0.4, -0.2) is 35.4 Å². The van der Waals surface area contributed by atoms with Crippen molar-refractivity contribution < 1.29 is 24.2 Å². The highest BCUT2D eigenvalue weighted by Crippen LogP contribution is 2.76. The fraction of sp³-hybridized carbons (Fsp3) is 0.765. The Morgan fingerprint density at radius 3 is 2.46 bits per heavy atom. The summed E-state index contributed by atoms with van der Waals surface area (Å²) >= 11 is 0. The van der Waals surface area contributed by atoms with Gasteiger partial charge in [0, 0.05) is 28.7 Å². The number of hydrogen-bond donors (Lipinski definition) is 1. The van der Waals surface area contributed by atoms with Crippen LogP contribution in [0.25, 0.3) is 0 Å². The molecule has 2 heterocycles. The quantitative estimate of drug-likeness (QED) is 0.309. The van der Waals surface area contributed by atoms with E-state index in [0.717, 1.165) is 44.9 Å². The van der Waals surface area contributed by atoms with Crippen molar-refractivity contribution in [1.82, 2.24) is 0 Å². The van der Waals surface area contributed by atoms with Crippen molar-refractivity contribution in [3.63, 3.8) is 0 Å². The zero-order chi connectivity index (χ0) is 28.4. The molecule has 2 saturated carbocycles. The number of esters is 1. The Hall–Kier alpha value is -1.72. The summed E-state index contributed by atoms with van der Waals surface area (Å²) in [4.78, 5) is 27.3. The summed E-state index contributed by atoms with van der Waals surface area (Å²) in [5, 5.41) is 11.4. The van der Waals surface area contributed by atoms with Crippen molar-refractivity contribution in [1.29, 1.82) is 0 Å². The van der Waals surface area contributed by atoms with Crippen molar-refractivity contribution in [3.8, 4) is 0 Å². The Morgan fingerprint density at radius 1 is 1.10 bits per heavy atom. The van der Waals surface area contributed by atoms with Gasteiger partial charge in [0.1, 0.15) is 6.10 Å². The zero-order valence-electron chi connectivity index (χ0n) is 25.3. The highest BCUT2D eigenvalue weighted by atomic mass is 16.6. The van der Waals surface area contributed by atoms with Crippen LogP contribution in [0.2, 0.25) is 0 Å². The second-order valence-electron chi connectivity index (χ2n) is 15.7. The zero-order valence-corrected chi connectivity index (χ0v) is 25.3. The van der Waals surface area contributed by atoms with Gasteiger partial charge in [-0.05, 0) is 104 Å². The predicted molar refractivity (Wildman–Crippen MR) is 150 cm³/mol. The molecule has 1 spiro atoms. The average Bonchev–Trinajstić information content (AvgIpc) is 2.85. The van der Waals surface area contributed by atoms with E-state index in [0.29, 0.717) is 18.6 Å². The van der Waals surface area contributed by atoms with Crippen LogP contribution >= 0.6 is 0 Å². The SMILES string of the molecule is C/C=C(/C)C(=O)O[C@@H]1CC(C)(C)CC2=C1CC[C@]1(C)C2=CC(=O)[C@@H]2[C@]34CC[C@](O)(OC3)C(C)(C)[C@@H]4CC[C@]21C. The third-order valence-corrected chi connectivity index (χ3v) is 13.1. The molecule has 0 aromatic rings. The maximum Gasteiger partial charge on any atom is 0.333 e. The Kier molecular flexibility index (Phi) is 5.76. The van der Waals surface area contributed by atoms with Gasteiger partial charge in [0.05, 0.1) is 6.61 Å². The van der Waals surface area contributed by atoms with E-state index in [9.17, 15) is 14.7 Å². The van der Waals surface area contributed by atoms with E-state index in [1.165, 1.54) is 16.7 Å². The number of aliphatic hydroxyl groups is 1. The molecule has 2 aliphatic heterocycles. The summed E-state index contributed by atoms with van der Waals surface area (Å²) in [6.07, 6.45) is 10.6. The largest absolute Gasteiger partial charge is 0.454 e. The van der Waals surface area contributed by atoms with Gasteiger partial charge in [-0.2, -0.15) is 0 Å². The minimum Gasteiger partial charge on any atom is -0.454 e. The smallest absolute Gasteiger partial charge is 0.333 e. The summed E-state index contributed by atoms with van der Waals surface area (Å²) in [5.41, 5.74) is 3.40. The molecule has 4 fully saturated rings. The van der Waals surface area contributed by atoms with Gasteiger partial charge in [0.2, 0.25) is 0 Å². The summed E-state index contributed by atoms with van der Waals surface area (Å²) in [6, 6.07) is 0. The first kappa shape index (κ1) is 27.4. The third kappa shape index (κ3) is 3.38. The highest BCUT2D eigenvalue weighted by molar-refractivity contribution is 5.96. The van der Waals surface area contributed by atoms with E-state index >= 15 is 0 Å². The third-order valence-electron chi connectivity index (χ3n) is 13.1. The normalized spacial score (nSPS) is 46.0. The number of allylic oxidation sites excluding steroid dienone is 4. The van der Waals surface area contributed by atoms with Gasteiger partial charge in [0.25, 0.3) is 0 Å². The molecule has 0 aromatic heterocycles. The maximum absolute atomic E-state index is 14.5. The molecule has 5 aliphatic carbocycles. The van der Waals surface area contributed by atoms with Crippen LogP contribution in [0, 0.1) is 38.9 Å². The van der Waals surface area contributed by atoms with E-state index in [-0.39, 0.29) is 56.8 Å². The summed E-state index contributed by atoms with van der Waals surface area (Å²) < 4.78 is 12.4. The molecule has 7 aliphatic rings. The molecule has 0 aromatic carbocycles. The minimum absolute atomic E-state index is 0.0289. The highest BCUT2D eigenvalue weighted by Gasteiger charge is 2.74. The first-order chi connectivity index (χ1) is 18.1. The lowest BCUT2D eigenvalue weighted by Gasteiger charge is -2.73. The number of carbonyl (C=O) groups is 2. The molecule has 0 amide bonds. The van der Waals surface area contributed by atoms with Crippen molar-refractivity contribution in [3.05, 3.63) is 34.4 Å². The predicted octanol–water partition coefficient (Wildman–Crippen LogP) is 6.85. The molecule has 2 saturated heterocycles. The number of carbonyl (C=O) groups excluding carboxylic acids is 2. The molecule has 7 atom stereocenters. The average molecular weight is 537 g/mol. The molecule has 0 radical (unpaired) electrons. The Bertz CT molecular complexity index is 1220. The van der Waals surface area contributed by atoms with Crippen molar-refractivity contribution in [2.45, 2.75) is 119 Å². The molecule has 214 valence electrons. The lowest BCUT2D eigenvalue weighted by atomic mass is 9.34. The number of ketones is 1. The van der Waals surface area contributed by atoms with Crippen LogP contribution in [0.4, 0.5) is 0 Å². The second-order valence-corrected chi connectivity index (χ2v) is 15.7. The second kappa shape index (κ2) is 8.18. The fourth-order valence-corrected chi connectivity index (χ4v) is 10.5. The number of hydrogen-bond acceptors (Lipinski definition) is 5. The van der Waals surface area contributed by atoms with Crippen molar-refractivity contribution in [2.75, 3.05) is 6.61 Å². The van der Waals surface area contributed by atoms with E-state index < -0.39 is 5.79 Å². The standard InChI is InChI=1S/C34H48O5/c1-9-20(2)28(36)39-25-18-29(3,4)17-22-21(25)10-12-31(7)23(22)16-24(35)27-32(31,8)13-11-26-30(5,6)34(37)15-14-33(26,27)19-38-34/h9,16,25-27,37H,10-15,17-19H2,1-8H3/b20-9-/t25-,26+,27+,31-,32-,33-,34+/m1/s1. The first-order valence-corrected chi connectivity index (χ1v) is 15.2. The Balaban J connectivity index is 1.46. The number of fused-ring (bicyclic) bond motifs is 6. The topological polar surface area (TPSA) is 72.8 Å². The van der Waals surface area contributed by atoms with Crippen LogP contribution in [0.15, 0.2) is 34.4 Å². The van der Waals surface area contributed by atoms with Crippen molar-refractivity contribution in [2.24, 2.45) is 38.9 Å². The van der Waals surface area contributed by atoms with Gasteiger partial charge in [0.15, 0.2) is 11.6 Å². The van der Waals surface area contributed by atoms with E-state index in [2.05, 4.69) is 41.5 Å². The van der Waals surface area contributed by atoms with E-state index in [1.807, 2.05) is 26.0 Å². The van der Waals surface area contributed by atoms with Gasteiger partial charge < -0.3 is 14.6 Å². The molecule has 2 bridgehead atoms. The van der Waals surface area contributed by atoms with Crippen LogP contribution < -0.4 is 0 Å². The number of rotatable bonds is 2. The molecular formula is C34H48O5. The summed E-state index contributed by atoms with van der Waals surface area (Å²) in [5.74, 6) is -0.922. The number of ether oxygens (including phenoxy) is 2. The van der Waals surface area contributed by atoms with Gasteiger partial charge in [-0.15, -0.1) is 0 Å². The summed E-state index contributed by atoms with van der Waals surface area (Å²) in [6.45, 7) is 17.8. The monoisotopic (exact) mass is 536 g/mol. The first-order valence-electron chi connectivity index (χ1n) is 15.2. The molecule has 1 N–H and O–H groups in total. The van der Waals surface area contributed by atoms with Gasteiger partial charge >= 0.3 is 5.97 Å². The molecule has 39 heavy (non-hydrogen) atoms. The van der Waals surface area contributed by atoms with Crippen LogP contribution in [0.5, 0.6) is 0 Å². The Labute approximate surface area is 234 Å². The van der Waals surface area contributed by atoms with Crippen molar-refractivity contribution >= 4 is 11.8 Å². The minimum atomic E-state index is -1.09. The lowest BCUT2D eigenvalue weighted by Crippen LogP contribution is -2.74. The van der Waals surface area contributed by atoms with Gasteiger partial charge in [-0.25, -0.2) is 4.79 Å². The molecule has 5 nitrogen and oxygen atoms in total. The summed E-state index contributed by atoms with van der Waals surface area (Å²) in [7, 11) is 0. The van der Waals surface area contributed by atoms with Gasteiger partial charge in [-0.1, -0.05) is 47.6 Å². The van der Waals surface area contributed by atoms with E-state index in [4.69, 9.17) is 9.47 Å². The molecule has 7 rings (SSSR count). The van der Waals surface area contributed by atoms with E-state index in [1.54, 1.807) is 0 Å². The fourth-order valence-electron chi connectivity index (χ4n) is 10.5. The van der Waals surface area contributed by atoms with Gasteiger partial charge in [-0.3, -0.25) is 4.79 Å². The molecule has 5 heteroatoms. The molecular weight excluding hydrogens is 488 g/mol. The van der Waals surface area contributed by atoms with Crippen LogP contribution in [-0.2, 0) is 19.1 Å². The van der Waals surface area contributed by atoms with Crippen LogP contribution in [0.1, 0.15) is 107 Å². The maximum atomic E-state index is 14.5. The molecule has 0 unspecified atom stereocenters. The van der Waals surface area contributed by atoms with Crippen LogP contribution in [0.3, 0.4) is 0 Å². The Morgan fingerprint density at radius 2 is 1.82 bits per heavy atom. The lowest BCUT2D eigenvalue weighted by molar-refractivity contribution is -0.391.